The van der Waals surface area contributed by atoms with Crippen LogP contribution in [0.2, 0.25) is 5.02 Å². The number of rotatable bonds is 1. The monoisotopic (exact) mass is 388 g/mol. The Bertz CT molecular complexity index is 1230. The summed E-state index contributed by atoms with van der Waals surface area (Å²) >= 11 is 6.58. The third-order valence-corrected chi connectivity index (χ3v) is 6.56. The van der Waals surface area contributed by atoms with Gasteiger partial charge in [0.05, 0.1) is 11.2 Å². The molecule has 0 amide bonds. The van der Waals surface area contributed by atoms with Gasteiger partial charge in [0, 0.05) is 5.02 Å². The second-order valence-corrected chi connectivity index (χ2v) is 9.03. The Labute approximate surface area is 170 Å². The summed E-state index contributed by atoms with van der Waals surface area (Å²) in [6, 6.07) is 21.1. The van der Waals surface area contributed by atoms with Gasteiger partial charge < -0.3 is 9.31 Å². The van der Waals surface area contributed by atoms with E-state index in [4.69, 9.17) is 20.9 Å². The van der Waals surface area contributed by atoms with Crippen LogP contribution in [0, 0.1) is 0 Å². The van der Waals surface area contributed by atoms with Crippen molar-refractivity contribution in [1.29, 1.82) is 0 Å². The average molecular weight is 389 g/mol. The molecule has 1 saturated heterocycles. The molecule has 140 valence electrons. The first-order valence-corrected chi connectivity index (χ1v) is 10.0. The van der Waals surface area contributed by atoms with Crippen LogP contribution in [0.25, 0.3) is 32.3 Å². The number of hydrogen-bond donors (Lipinski definition) is 0. The minimum atomic E-state index is -0.462. The van der Waals surface area contributed by atoms with E-state index >= 15 is 0 Å². The quantitative estimate of drug-likeness (QED) is 0.290. The Hall–Kier alpha value is -2.07. The third kappa shape index (κ3) is 2.50. The van der Waals surface area contributed by atoms with E-state index in [-0.39, 0.29) is 0 Å². The summed E-state index contributed by atoms with van der Waals surface area (Å²) in [6.07, 6.45) is 0. The van der Waals surface area contributed by atoms with Crippen LogP contribution in [0.1, 0.15) is 27.7 Å². The molecule has 0 saturated carbocycles. The summed E-state index contributed by atoms with van der Waals surface area (Å²) < 4.78 is 12.8. The maximum Gasteiger partial charge on any atom is 0.495 e. The maximum absolute atomic E-state index is 6.58. The molecule has 0 N–H and O–H groups in total. The zero-order valence-electron chi connectivity index (χ0n) is 16.5. The second kappa shape index (κ2) is 5.97. The van der Waals surface area contributed by atoms with Crippen molar-refractivity contribution in [3.05, 3.63) is 65.7 Å². The van der Waals surface area contributed by atoms with Crippen molar-refractivity contribution >= 4 is 56.5 Å². The highest BCUT2D eigenvalue weighted by Gasteiger charge is 2.52. The van der Waals surface area contributed by atoms with Crippen molar-refractivity contribution in [3.8, 4) is 0 Å². The van der Waals surface area contributed by atoms with E-state index in [1.54, 1.807) is 0 Å². The van der Waals surface area contributed by atoms with E-state index in [2.05, 4.69) is 82.3 Å². The maximum atomic E-state index is 6.58. The number of benzene rings is 4. The van der Waals surface area contributed by atoms with Crippen molar-refractivity contribution in [1.82, 2.24) is 0 Å². The summed E-state index contributed by atoms with van der Waals surface area (Å²) in [4.78, 5) is 0. The SMILES string of the molecule is CC1(C)OB(c2cc(Cl)cc3c4ccccc4c4ccccc4c23)OC1(C)C. The zero-order chi connectivity index (χ0) is 19.7. The highest BCUT2D eigenvalue weighted by atomic mass is 35.5. The van der Waals surface area contributed by atoms with Crippen molar-refractivity contribution < 1.29 is 9.31 Å². The molecule has 1 aliphatic rings. The average Bonchev–Trinajstić information content (AvgIpc) is 2.88. The summed E-state index contributed by atoms with van der Waals surface area (Å²) in [5, 5.41) is 7.81. The molecule has 0 unspecified atom stereocenters. The Morgan fingerprint density at radius 1 is 0.679 bits per heavy atom. The zero-order valence-corrected chi connectivity index (χ0v) is 17.3. The van der Waals surface area contributed by atoms with Crippen LogP contribution in [-0.4, -0.2) is 18.3 Å². The van der Waals surface area contributed by atoms with E-state index in [0.29, 0.717) is 5.02 Å². The fourth-order valence-corrected chi connectivity index (χ4v) is 4.41. The van der Waals surface area contributed by atoms with Gasteiger partial charge >= 0.3 is 7.12 Å². The fraction of sp³-hybridized carbons (Fsp3) is 0.250. The molecule has 1 aliphatic heterocycles. The molecule has 28 heavy (non-hydrogen) atoms. The number of halogens is 1. The number of fused-ring (bicyclic) bond motifs is 6. The van der Waals surface area contributed by atoms with Gasteiger partial charge in [-0.15, -0.1) is 0 Å². The molecule has 2 nitrogen and oxygen atoms in total. The molecule has 4 aromatic rings. The Kier molecular flexibility index (Phi) is 3.83. The van der Waals surface area contributed by atoms with Crippen LogP contribution < -0.4 is 5.46 Å². The lowest BCUT2D eigenvalue weighted by molar-refractivity contribution is 0.00578. The largest absolute Gasteiger partial charge is 0.495 e. The van der Waals surface area contributed by atoms with Crippen LogP contribution in [0.15, 0.2) is 60.7 Å². The molecule has 0 aliphatic carbocycles. The van der Waals surface area contributed by atoms with Crippen molar-refractivity contribution in [3.63, 3.8) is 0 Å². The first-order chi connectivity index (χ1) is 13.3. The van der Waals surface area contributed by atoms with Gasteiger partial charge in [-0.25, -0.2) is 0 Å². The first kappa shape index (κ1) is 18.0. The summed E-state index contributed by atoms with van der Waals surface area (Å²) in [7, 11) is -0.462. The smallest absolute Gasteiger partial charge is 0.399 e. The van der Waals surface area contributed by atoms with Gasteiger partial charge in [-0.2, -0.15) is 0 Å². The molecule has 1 fully saturated rings. The normalized spacial score (nSPS) is 18.4. The second-order valence-electron chi connectivity index (χ2n) is 8.60. The first-order valence-electron chi connectivity index (χ1n) is 9.67. The van der Waals surface area contributed by atoms with Crippen molar-refractivity contribution in [2.75, 3.05) is 0 Å². The van der Waals surface area contributed by atoms with Gasteiger partial charge in [0.2, 0.25) is 0 Å². The Morgan fingerprint density at radius 3 is 1.71 bits per heavy atom. The minimum absolute atomic E-state index is 0.404. The van der Waals surface area contributed by atoms with Gasteiger partial charge in [-0.05, 0) is 77.6 Å². The lowest BCUT2D eigenvalue weighted by atomic mass is 9.74. The molecule has 0 spiro atoms. The lowest BCUT2D eigenvalue weighted by Crippen LogP contribution is -2.41. The Morgan fingerprint density at radius 2 is 1.14 bits per heavy atom. The Balaban J connectivity index is 1.92. The summed E-state index contributed by atoms with van der Waals surface area (Å²) in [6.45, 7) is 8.31. The van der Waals surface area contributed by atoms with Crippen LogP contribution in [0.3, 0.4) is 0 Å². The van der Waals surface area contributed by atoms with E-state index < -0.39 is 18.3 Å². The minimum Gasteiger partial charge on any atom is -0.399 e. The molecule has 4 aromatic carbocycles. The molecular formula is C24H22BClO2. The van der Waals surface area contributed by atoms with E-state index in [0.717, 1.165) is 16.2 Å². The van der Waals surface area contributed by atoms with E-state index in [1.807, 2.05) is 6.07 Å². The predicted octanol–water partition coefficient (Wildman–Crippen LogP) is 6.10. The van der Waals surface area contributed by atoms with E-state index in [1.165, 1.54) is 21.5 Å². The molecule has 5 rings (SSSR count). The molecule has 0 aromatic heterocycles. The molecule has 0 atom stereocenters. The van der Waals surface area contributed by atoms with Gasteiger partial charge in [0.25, 0.3) is 0 Å². The van der Waals surface area contributed by atoms with Crippen molar-refractivity contribution in [2.24, 2.45) is 0 Å². The van der Waals surface area contributed by atoms with Gasteiger partial charge in [-0.3, -0.25) is 0 Å². The standard InChI is InChI=1S/C24H22BClO2/c1-23(2)24(3,4)28-25(27-23)21-14-15(26)13-20-18-11-6-5-9-16(18)17-10-7-8-12-19(17)22(20)21/h5-14H,1-4H3. The van der Waals surface area contributed by atoms with Crippen molar-refractivity contribution in [2.45, 2.75) is 38.9 Å². The van der Waals surface area contributed by atoms with Crippen LogP contribution in [0.4, 0.5) is 0 Å². The molecule has 0 radical (unpaired) electrons. The van der Waals surface area contributed by atoms with Crippen LogP contribution >= 0.6 is 11.6 Å². The van der Waals surface area contributed by atoms with Gasteiger partial charge in [0.1, 0.15) is 0 Å². The summed E-state index contributed by atoms with van der Waals surface area (Å²) in [5.74, 6) is 0. The lowest BCUT2D eigenvalue weighted by Gasteiger charge is -2.32. The summed E-state index contributed by atoms with van der Waals surface area (Å²) in [5.41, 5.74) is 0.181. The molecular weight excluding hydrogens is 367 g/mol. The number of hydrogen-bond acceptors (Lipinski definition) is 2. The predicted molar refractivity (Wildman–Crippen MR) is 120 cm³/mol. The topological polar surface area (TPSA) is 18.5 Å². The highest BCUT2D eigenvalue weighted by molar-refractivity contribution is 6.67. The third-order valence-electron chi connectivity index (χ3n) is 6.34. The molecule has 4 heteroatoms. The fourth-order valence-electron chi connectivity index (χ4n) is 4.19. The molecule has 0 bridgehead atoms. The van der Waals surface area contributed by atoms with Crippen LogP contribution in [0.5, 0.6) is 0 Å². The molecule has 1 heterocycles. The van der Waals surface area contributed by atoms with Gasteiger partial charge in [-0.1, -0.05) is 60.1 Å². The van der Waals surface area contributed by atoms with Crippen LogP contribution in [-0.2, 0) is 9.31 Å². The highest BCUT2D eigenvalue weighted by Crippen LogP contribution is 2.40. The van der Waals surface area contributed by atoms with E-state index in [9.17, 15) is 0 Å². The van der Waals surface area contributed by atoms with Gasteiger partial charge in [0.15, 0.2) is 0 Å².